The Kier molecular flexibility index (Phi) is 4.35. The Morgan fingerprint density at radius 2 is 2.21 bits per heavy atom. The summed E-state index contributed by atoms with van der Waals surface area (Å²) in [5.41, 5.74) is 6.05. The van der Waals surface area contributed by atoms with Crippen molar-refractivity contribution >= 4 is 27.5 Å². The molecule has 0 heterocycles. The third kappa shape index (κ3) is 2.47. The highest BCUT2D eigenvalue weighted by Crippen LogP contribution is 2.34. The van der Waals surface area contributed by atoms with E-state index in [-0.39, 0.29) is 11.7 Å². The van der Waals surface area contributed by atoms with Gasteiger partial charge in [0.25, 0.3) is 0 Å². The molecule has 0 radical (unpaired) electrons. The predicted molar refractivity (Wildman–Crippen MR) is 61.2 cm³/mol. The SMILES string of the molecule is CC(CCN)c1c(F)ccc(Cl)c1Br. The Morgan fingerprint density at radius 3 is 2.79 bits per heavy atom. The van der Waals surface area contributed by atoms with E-state index in [9.17, 15) is 4.39 Å². The third-order valence-electron chi connectivity index (χ3n) is 2.17. The van der Waals surface area contributed by atoms with Crippen molar-refractivity contribution in [1.29, 1.82) is 0 Å². The number of benzene rings is 1. The number of nitrogens with two attached hydrogens (primary N) is 1. The minimum absolute atomic E-state index is 0.0769. The largest absolute Gasteiger partial charge is 0.330 e. The second-order valence-electron chi connectivity index (χ2n) is 3.24. The van der Waals surface area contributed by atoms with Gasteiger partial charge >= 0.3 is 0 Å². The molecule has 0 saturated heterocycles. The molecule has 0 saturated carbocycles. The van der Waals surface area contributed by atoms with Crippen molar-refractivity contribution in [2.75, 3.05) is 6.54 Å². The van der Waals surface area contributed by atoms with E-state index >= 15 is 0 Å². The minimum atomic E-state index is -0.234. The average molecular weight is 281 g/mol. The summed E-state index contributed by atoms with van der Waals surface area (Å²) in [6.45, 7) is 2.48. The zero-order chi connectivity index (χ0) is 10.7. The molecule has 14 heavy (non-hydrogen) atoms. The molecule has 1 rings (SSSR count). The molecule has 0 aromatic heterocycles. The third-order valence-corrected chi connectivity index (χ3v) is 3.57. The summed E-state index contributed by atoms with van der Waals surface area (Å²) >= 11 is 9.17. The molecule has 0 aliphatic heterocycles. The molecule has 0 spiro atoms. The second kappa shape index (κ2) is 5.10. The number of halogens is 3. The van der Waals surface area contributed by atoms with Gasteiger partial charge in [0.15, 0.2) is 0 Å². The molecule has 0 aliphatic rings. The molecule has 1 aromatic rings. The summed E-state index contributed by atoms with van der Waals surface area (Å²) in [7, 11) is 0. The van der Waals surface area contributed by atoms with Gasteiger partial charge < -0.3 is 5.73 Å². The van der Waals surface area contributed by atoms with Crippen molar-refractivity contribution in [2.24, 2.45) is 5.73 Å². The fourth-order valence-electron chi connectivity index (χ4n) is 1.39. The van der Waals surface area contributed by atoms with Crippen LogP contribution in [0.1, 0.15) is 24.8 Å². The Hall–Kier alpha value is -0.120. The van der Waals surface area contributed by atoms with E-state index in [4.69, 9.17) is 17.3 Å². The highest BCUT2D eigenvalue weighted by atomic mass is 79.9. The molecule has 1 aromatic carbocycles. The fraction of sp³-hybridized carbons (Fsp3) is 0.400. The van der Waals surface area contributed by atoms with Crippen LogP contribution >= 0.6 is 27.5 Å². The topological polar surface area (TPSA) is 26.0 Å². The smallest absolute Gasteiger partial charge is 0.127 e. The molecule has 0 fully saturated rings. The van der Waals surface area contributed by atoms with Crippen LogP contribution in [0.3, 0.4) is 0 Å². The molecular weight excluding hydrogens is 268 g/mol. The molecule has 1 nitrogen and oxygen atoms in total. The van der Waals surface area contributed by atoms with Gasteiger partial charge in [0.2, 0.25) is 0 Å². The van der Waals surface area contributed by atoms with Crippen LogP contribution in [0.25, 0.3) is 0 Å². The minimum Gasteiger partial charge on any atom is -0.330 e. The van der Waals surface area contributed by atoms with Gasteiger partial charge in [-0.3, -0.25) is 0 Å². The first-order valence-corrected chi connectivity index (χ1v) is 5.58. The average Bonchev–Trinajstić information content (AvgIpc) is 2.13. The van der Waals surface area contributed by atoms with Crippen molar-refractivity contribution in [1.82, 2.24) is 0 Å². The van der Waals surface area contributed by atoms with Gasteiger partial charge in [0, 0.05) is 10.0 Å². The van der Waals surface area contributed by atoms with Gasteiger partial charge in [-0.05, 0) is 46.9 Å². The Bertz CT molecular complexity index is 330. The van der Waals surface area contributed by atoms with Gasteiger partial charge in [-0.15, -0.1) is 0 Å². The Labute approximate surface area is 96.6 Å². The standard InChI is InChI=1S/C10H12BrClFN/c1-6(4-5-14)9-8(13)3-2-7(12)10(9)11/h2-3,6H,4-5,14H2,1H3. The molecule has 0 aliphatic carbocycles. The first-order chi connectivity index (χ1) is 6.57. The van der Waals surface area contributed by atoms with Crippen LogP contribution in [0.5, 0.6) is 0 Å². The zero-order valence-corrected chi connectivity index (χ0v) is 10.2. The van der Waals surface area contributed by atoms with Crippen LogP contribution in [0.15, 0.2) is 16.6 Å². The normalized spacial score (nSPS) is 12.9. The van der Waals surface area contributed by atoms with Crippen molar-refractivity contribution in [3.05, 3.63) is 33.0 Å². The summed E-state index contributed by atoms with van der Waals surface area (Å²) in [6, 6.07) is 2.93. The van der Waals surface area contributed by atoms with E-state index in [0.29, 0.717) is 21.6 Å². The van der Waals surface area contributed by atoms with Crippen molar-refractivity contribution in [2.45, 2.75) is 19.3 Å². The number of rotatable bonds is 3. The molecule has 1 atom stereocenters. The lowest BCUT2D eigenvalue weighted by Crippen LogP contribution is -2.07. The summed E-state index contributed by atoms with van der Waals surface area (Å²) < 4.78 is 14.1. The molecule has 78 valence electrons. The second-order valence-corrected chi connectivity index (χ2v) is 4.44. The maximum Gasteiger partial charge on any atom is 0.127 e. The zero-order valence-electron chi connectivity index (χ0n) is 7.86. The molecular formula is C10H12BrClFN. The summed E-state index contributed by atoms with van der Waals surface area (Å²) in [5.74, 6) is -0.157. The van der Waals surface area contributed by atoms with Gasteiger partial charge in [0.1, 0.15) is 5.82 Å². The summed E-state index contributed by atoms with van der Waals surface area (Å²) in [5, 5.41) is 0.533. The van der Waals surface area contributed by atoms with Crippen LogP contribution in [-0.2, 0) is 0 Å². The highest BCUT2D eigenvalue weighted by Gasteiger charge is 2.16. The number of hydrogen-bond donors (Lipinski definition) is 1. The Morgan fingerprint density at radius 1 is 1.57 bits per heavy atom. The molecule has 1 unspecified atom stereocenters. The van der Waals surface area contributed by atoms with Gasteiger partial charge in [-0.1, -0.05) is 18.5 Å². The Balaban J connectivity index is 3.11. The van der Waals surface area contributed by atoms with Crippen molar-refractivity contribution in [3.63, 3.8) is 0 Å². The lowest BCUT2D eigenvalue weighted by Gasteiger charge is -2.14. The molecule has 0 amide bonds. The van der Waals surface area contributed by atoms with Crippen molar-refractivity contribution < 1.29 is 4.39 Å². The fourth-order valence-corrected chi connectivity index (χ4v) is 2.27. The van der Waals surface area contributed by atoms with Gasteiger partial charge in [-0.2, -0.15) is 0 Å². The number of hydrogen-bond acceptors (Lipinski definition) is 1. The molecule has 0 bridgehead atoms. The summed E-state index contributed by atoms with van der Waals surface area (Å²) in [6.07, 6.45) is 0.746. The lowest BCUT2D eigenvalue weighted by molar-refractivity contribution is 0.575. The van der Waals surface area contributed by atoms with Crippen LogP contribution in [-0.4, -0.2) is 6.54 Å². The van der Waals surface area contributed by atoms with E-state index in [2.05, 4.69) is 15.9 Å². The van der Waals surface area contributed by atoms with Crippen molar-refractivity contribution in [3.8, 4) is 0 Å². The molecule has 2 N–H and O–H groups in total. The lowest BCUT2D eigenvalue weighted by atomic mass is 9.97. The first kappa shape index (κ1) is 12.0. The molecule has 4 heteroatoms. The van der Waals surface area contributed by atoms with Crippen LogP contribution in [0, 0.1) is 5.82 Å². The van der Waals surface area contributed by atoms with E-state index < -0.39 is 0 Å². The predicted octanol–water partition coefficient (Wildman–Crippen LogP) is 3.69. The van der Waals surface area contributed by atoms with E-state index in [1.807, 2.05) is 6.92 Å². The van der Waals surface area contributed by atoms with Gasteiger partial charge in [0.05, 0.1) is 5.02 Å². The highest BCUT2D eigenvalue weighted by molar-refractivity contribution is 9.10. The van der Waals surface area contributed by atoms with Gasteiger partial charge in [-0.25, -0.2) is 4.39 Å². The van der Waals surface area contributed by atoms with Crippen LogP contribution in [0.2, 0.25) is 5.02 Å². The van der Waals surface area contributed by atoms with E-state index in [1.54, 1.807) is 6.07 Å². The summed E-state index contributed by atoms with van der Waals surface area (Å²) in [4.78, 5) is 0. The van der Waals surface area contributed by atoms with E-state index in [1.165, 1.54) is 6.07 Å². The maximum absolute atomic E-state index is 13.5. The quantitative estimate of drug-likeness (QED) is 0.840. The maximum atomic E-state index is 13.5. The van der Waals surface area contributed by atoms with E-state index in [0.717, 1.165) is 6.42 Å². The van der Waals surface area contributed by atoms with Crippen LogP contribution < -0.4 is 5.73 Å². The van der Waals surface area contributed by atoms with Crippen LogP contribution in [0.4, 0.5) is 4.39 Å². The monoisotopic (exact) mass is 279 g/mol. The first-order valence-electron chi connectivity index (χ1n) is 4.41.